The van der Waals surface area contributed by atoms with Gasteiger partial charge in [-0.25, -0.2) is 9.59 Å². The first kappa shape index (κ1) is 14.6. The van der Waals surface area contributed by atoms with Crippen molar-refractivity contribution in [3.05, 3.63) is 28.8 Å². The van der Waals surface area contributed by atoms with Gasteiger partial charge in [-0.1, -0.05) is 11.6 Å². The first-order valence-corrected chi connectivity index (χ1v) is 6.59. The molecule has 2 amide bonds. The van der Waals surface area contributed by atoms with E-state index in [0.717, 1.165) is 13.0 Å². The van der Waals surface area contributed by atoms with Crippen molar-refractivity contribution >= 4 is 29.3 Å². The molecule has 108 valence electrons. The van der Waals surface area contributed by atoms with Crippen LogP contribution in [0.4, 0.5) is 10.5 Å². The third kappa shape index (κ3) is 3.85. The quantitative estimate of drug-likeness (QED) is 0.795. The highest BCUT2D eigenvalue weighted by atomic mass is 35.5. The van der Waals surface area contributed by atoms with E-state index in [9.17, 15) is 9.59 Å². The van der Waals surface area contributed by atoms with Crippen molar-refractivity contribution in [1.29, 1.82) is 0 Å². The molecule has 1 heterocycles. The van der Waals surface area contributed by atoms with E-state index in [-0.39, 0.29) is 16.6 Å². The van der Waals surface area contributed by atoms with E-state index in [1.54, 1.807) is 6.07 Å². The molecule has 1 aromatic carbocycles. The maximum absolute atomic E-state index is 11.7. The second-order valence-electron chi connectivity index (χ2n) is 4.56. The topological polar surface area (TPSA) is 87.7 Å². The number of anilines is 1. The SMILES string of the molecule is O=C(NCC1CCOC1)Nc1ccc(Cl)c(C(=O)O)c1. The number of amides is 2. The summed E-state index contributed by atoms with van der Waals surface area (Å²) in [4.78, 5) is 22.6. The summed E-state index contributed by atoms with van der Waals surface area (Å²) in [5.74, 6) is -0.803. The van der Waals surface area contributed by atoms with E-state index in [1.165, 1.54) is 12.1 Å². The zero-order valence-electron chi connectivity index (χ0n) is 10.7. The third-order valence-electron chi connectivity index (χ3n) is 3.03. The number of nitrogens with one attached hydrogen (secondary N) is 2. The van der Waals surface area contributed by atoms with Crippen molar-refractivity contribution in [1.82, 2.24) is 5.32 Å². The highest BCUT2D eigenvalue weighted by molar-refractivity contribution is 6.33. The van der Waals surface area contributed by atoms with Crippen LogP contribution in [0.1, 0.15) is 16.8 Å². The Balaban J connectivity index is 1.90. The molecule has 0 spiro atoms. The van der Waals surface area contributed by atoms with Crippen LogP contribution in [0.15, 0.2) is 18.2 Å². The van der Waals surface area contributed by atoms with Crippen LogP contribution in [0, 0.1) is 5.92 Å². The largest absolute Gasteiger partial charge is 0.478 e. The molecule has 2 rings (SSSR count). The predicted molar refractivity (Wildman–Crippen MR) is 74.4 cm³/mol. The van der Waals surface area contributed by atoms with Gasteiger partial charge in [0, 0.05) is 24.8 Å². The molecular formula is C13H15ClN2O4. The number of rotatable bonds is 4. The maximum Gasteiger partial charge on any atom is 0.337 e. The molecule has 1 aliphatic rings. The Labute approximate surface area is 121 Å². The molecule has 1 unspecified atom stereocenters. The number of hydrogen-bond acceptors (Lipinski definition) is 3. The van der Waals surface area contributed by atoms with Crippen LogP contribution in [0.2, 0.25) is 5.02 Å². The van der Waals surface area contributed by atoms with Crippen LogP contribution < -0.4 is 10.6 Å². The summed E-state index contributed by atoms with van der Waals surface area (Å²) in [6, 6.07) is 3.93. The highest BCUT2D eigenvalue weighted by Gasteiger charge is 2.16. The van der Waals surface area contributed by atoms with Gasteiger partial charge in [-0.2, -0.15) is 0 Å². The van der Waals surface area contributed by atoms with Crippen molar-refractivity contribution in [2.75, 3.05) is 25.1 Å². The standard InChI is InChI=1S/C13H15ClN2O4/c14-11-2-1-9(5-10(11)12(17)18)16-13(19)15-6-8-3-4-20-7-8/h1-2,5,8H,3-4,6-7H2,(H,17,18)(H2,15,16,19). The number of carboxylic acid groups (broad SMARTS) is 1. The summed E-state index contributed by atoms with van der Waals surface area (Å²) in [5.41, 5.74) is 0.334. The van der Waals surface area contributed by atoms with Crippen molar-refractivity contribution in [3.8, 4) is 0 Å². The molecule has 1 saturated heterocycles. The molecule has 1 fully saturated rings. The Hall–Kier alpha value is -1.79. The Morgan fingerprint density at radius 2 is 2.25 bits per heavy atom. The smallest absolute Gasteiger partial charge is 0.337 e. The fraction of sp³-hybridized carbons (Fsp3) is 0.385. The lowest BCUT2D eigenvalue weighted by atomic mass is 10.1. The van der Waals surface area contributed by atoms with Crippen LogP contribution >= 0.6 is 11.6 Å². The molecule has 1 atom stereocenters. The molecule has 1 aliphatic heterocycles. The van der Waals surface area contributed by atoms with Gasteiger partial charge in [-0.15, -0.1) is 0 Å². The van der Waals surface area contributed by atoms with E-state index < -0.39 is 5.97 Å². The zero-order chi connectivity index (χ0) is 14.5. The molecule has 7 heteroatoms. The average molecular weight is 299 g/mol. The van der Waals surface area contributed by atoms with Crippen LogP contribution in [-0.4, -0.2) is 36.9 Å². The number of halogens is 1. The van der Waals surface area contributed by atoms with Gasteiger partial charge in [-0.05, 0) is 24.6 Å². The lowest BCUT2D eigenvalue weighted by Gasteiger charge is -2.11. The fourth-order valence-electron chi connectivity index (χ4n) is 1.92. The summed E-state index contributed by atoms with van der Waals surface area (Å²) in [5, 5.41) is 14.4. The van der Waals surface area contributed by atoms with Crippen molar-refractivity contribution in [2.24, 2.45) is 5.92 Å². The van der Waals surface area contributed by atoms with Gasteiger partial charge >= 0.3 is 12.0 Å². The number of aromatic carboxylic acids is 1. The Kier molecular flexibility index (Phi) is 4.81. The number of urea groups is 1. The van der Waals surface area contributed by atoms with Gasteiger partial charge in [-0.3, -0.25) is 0 Å². The molecule has 0 aliphatic carbocycles. The number of hydrogen-bond donors (Lipinski definition) is 3. The van der Waals surface area contributed by atoms with Crippen LogP contribution in [0.5, 0.6) is 0 Å². The Morgan fingerprint density at radius 1 is 1.45 bits per heavy atom. The molecule has 6 nitrogen and oxygen atoms in total. The van der Waals surface area contributed by atoms with Crippen LogP contribution in [0.25, 0.3) is 0 Å². The highest BCUT2D eigenvalue weighted by Crippen LogP contribution is 2.20. The Morgan fingerprint density at radius 3 is 2.90 bits per heavy atom. The number of carboxylic acids is 1. The summed E-state index contributed by atoms with van der Waals surface area (Å²) < 4.78 is 5.21. The molecular weight excluding hydrogens is 284 g/mol. The summed E-state index contributed by atoms with van der Waals surface area (Å²) >= 11 is 5.75. The molecule has 0 saturated carbocycles. The minimum Gasteiger partial charge on any atom is -0.478 e. The Bertz CT molecular complexity index is 515. The normalized spacial score (nSPS) is 17.8. The number of benzene rings is 1. The second-order valence-corrected chi connectivity index (χ2v) is 4.97. The first-order chi connectivity index (χ1) is 9.56. The molecule has 0 aromatic heterocycles. The van der Waals surface area contributed by atoms with Gasteiger partial charge in [0.05, 0.1) is 17.2 Å². The van der Waals surface area contributed by atoms with Crippen molar-refractivity contribution < 1.29 is 19.4 Å². The van der Waals surface area contributed by atoms with E-state index >= 15 is 0 Å². The minimum atomic E-state index is -1.14. The van der Waals surface area contributed by atoms with Gasteiger partial charge < -0.3 is 20.5 Å². The molecule has 3 N–H and O–H groups in total. The minimum absolute atomic E-state index is 0.0475. The predicted octanol–water partition coefficient (Wildman–Crippen LogP) is 2.20. The zero-order valence-corrected chi connectivity index (χ0v) is 11.4. The van der Waals surface area contributed by atoms with Gasteiger partial charge in [0.1, 0.15) is 0 Å². The van der Waals surface area contributed by atoms with Crippen LogP contribution in [-0.2, 0) is 4.74 Å². The molecule has 1 aromatic rings. The molecule has 0 bridgehead atoms. The number of ether oxygens (including phenoxy) is 1. The van der Waals surface area contributed by atoms with E-state index in [2.05, 4.69) is 10.6 Å². The van der Waals surface area contributed by atoms with Crippen molar-refractivity contribution in [2.45, 2.75) is 6.42 Å². The number of carbonyl (C=O) groups is 2. The van der Waals surface area contributed by atoms with E-state index in [1.807, 2.05) is 0 Å². The average Bonchev–Trinajstić information content (AvgIpc) is 2.91. The second kappa shape index (κ2) is 6.58. The van der Waals surface area contributed by atoms with E-state index in [0.29, 0.717) is 24.8 Å². The molecule has 0 radical (unpaired) electrons. The van der Waals surface area contributed by atoms with E-state index in [4.69, 9.17) is 21.4 Å². The fourth-order valence-corrected chi connectivity index (χ4v) is 2.12. The molecule has 20 heavy (non-hydrogen) atoms. The van der Waals surface area contributed by atoms with Gasteiger partial charge in [0.2, 0.25) is 0 Å². The maximum atomic E-state index is 11.7. The first-order valence-electron chi connectivity index (χ1n) is 6.21. The number of carbonyl (C=O) groups excluding carboxylic acids is 1. The summed E-state index contributed by atoms with van der Waals surface area (Å²) in [6.07, 6.45) is 0.935. The summed E-state index contributed by atoms with van der Waals surface area (Å²) in [6.45, 7) is 1.92. The monoisotopic (exact) mass is 298 g/mol. The third-order valence-corrected chi connectivity index (χ3v) is 3.36. The summed E-state index contributed by atoms with van der Waals surface area (Å²) in [7, 11) is 0. The van der Waals surface area contributed by atoms with Crippen molar-refractivity contribution in [3.63, 3.8) is 0 Å². The lowest BCUT2D eigenvalue weighted by Crippen LogP contribution is -2.33. The van der Waals surface area contributed by atoms with Gasteiger partial charge in [0.25, 0.3) is 0 Å². The lowest BCUT2D eigenvalue weighted by molar-refractivity contribution is 0.0697. The van der Waals surface area contributed by atoms with Crippen LogP contribution in [0.3, 0.4) is 0 Å². The van der Waals surface area contributed by atoms with Gasteiger partial charge in [0.15, 0.2) is 0 Å².